The number of nitrogens with one attached hydrogen (secondary N) is 1. The lowest BCUT2D eigenvalue weighted by Crippen LogP contribution is -2.41. The lowest BCUT2D eigenvalue weighted by molar-refractivity contribution is -0.123. The van der Waals surface area contributed by atoms with Crippen molar-refractivity contribution >= 4 is 17.5 Å². The van der Waals surface area contributed by atoms with Crippen molar-refractivity contribution in [1.82, 2.24) is 10.2 Å². The van der Waals surface area contributed by atoms with Gasteiger partial charge in [0, 0.05) is 11.6 Å². The van der Waals surface area contributed by atoms with E-state index < -0.39 is 0 Å². The fourth-order valence-electron chi connectivity index (χ4n) is 3.80. The van der Waals surface area contributed by atoms with Gasteiger partial charge in [-0.25, -0.2) is 0 Å². The fraction of sp³-hybridized carbons (Fsp3) is 0.435. The molecule has 0 spiro atoms. The van der Waals surface area contributed by atoms with Crippen LogP contribution in [-0.2, 0) is 4.79 Å². The van der Waals surface area contributed by atoms with Crippen molar-refractivity contribution in [2.45, 2.75) is 39.2 Å². The number of hydrogen-bond donors (Lipinski definition) is 1. The Kier molecular flexibility index (Phi) is 7.35. The fourth-order valence-corrected chi connectivity index (χ4v) is 3.93. The number of piperidine rings is 1. The van der Waals surface area contributed by atoms with Gasteiger partial charge >= 0.3 is 0 Å². The predicted octanol–water partition coefficient (Wildman–Crippen LogP) is 4.68. The Labute approximate surface area is 172 Å². The molecule has 150 valence electrons. The van der Waals surface area contributed by atoms with Crippen LogP contribution in [0.25, 0.3) is 0 Å². The molecular weight excluding hydrogens is 372 g/mol. The Morgan fingerprint density at radius 3 is 2.36 bits per heavy atom. The number of ether oxygens (including phenoxy) is 1. The second-order valence-corrected chi connectivity index (χ2v) is 8.02. The quantitative estimate of drug-likeness (QED) is 0.733. The largest absolute Gasteiger partial charge is 0.484 e. The summed E-state index contributed by atoms with van der Waals surface area (Å²) in [7, 11) is 0. The molecule has 1 aliphatic rings. The number of likely N-dealkylation sites (tertiary alicyclic amines) is 1. The summed E-state index contributed by atoms with van der Waals surface area (Å²) in [5.74, 6) is 0.632. The summed E-state index contributed by atoms with van der Waals surface area (Å²) in [5, 5.41) is 3.78. The molecule has 3 rings (SSSR count). The van der Waals surface area contributed by atoms with Crippen LogP contribution in [0.1, 0.15) is 42.0 Å². The lowest BCUT2D eigenvalue weighted by atomic mass is 10.0. The van der Waals surface area contributed by atoms with Crippen LogP contribution in [0.3, 0.4) is 0 Å². The van der Waals surface area contributed by atoms with Crippen LogP contribution in [0.4, 0.5) is 0 Å². The van der Waals surface area contributed by atoms with Gasteiger partial charge in [-0.05, 0) is 80.7 Å². The second-order valence-electron chi connectivity index (χ2n) is 7.58. The molecule has 1 aliphatic heterocycles. The smallest absolute Gasteiger partial charge is 0.258 e. The van der Waals surface area contributed by atoms with Crippen molar-refractivity contribution in [3.63, 3.8) is 0 Å². The molecule has 1 N–H and O–H groups in total. The molecule has 0 bridgehead atoms. The molecule has 4 nitrogen and oxygen atoms in total. The van der Waals surface area contributed by atoms with Crippen LogP contribution in [0, 0.1) is 13.8 Å². The van der Waals surface area contributed by atoms with Crippen LogP contribution < -0.4 is 10.1 Å². The van der Waals surface area contributed by atoms with Gasteiger partial charge in [0.15, 0.2) is 6.61 Å². The van der Waals surface area contributed by atoms with Gasteiger partial charge in [-0.15, -0.1) is 0 Å². The summed E-state index contributed by atoms with van der Waals surface area (Å²) in [6.45, 7) is 6.75. The van der Waals surface area contributed by atoms with Crippen molar-refractivity contribution in [3.8, 4) is 5.75 Å². The monoisotopic (exact) mass is 400 g/mol. The number of amides is 1. The van der Waals surface area contributed by atoms with Gasteiger partial charge in [0.2, 0.25) is 0 Å². The van der Waals surface area contributed by atoms with E-state index in [2.05, 4.69) is 28.4 Å². The Balaban J connectivity index is 1.59. The number of benzene rings is 2. The molecule has 1 fully saturated rings. The van der Waals surface area contributed by atoms with E-state index in [0.29, 0.717) is 6.54 Å². The first-order valence-corrected chi connectivity index (χ1v) is 10.4. The highest BCUT2D eigenvalue weighted by Gasteiger charge is 2.23. The Morgan fingerprint density at radius 1 is 1.07 bits per heavy atom. The minimum absolute atomic E-state index is 0.0240. The van der Waals surface area contributed by atoms with E-state index in [4.69, 9.17) is 16.3 Å². The average molecular weight is 401 g/mol. The van der Waals surface area contributed by atoms with E-state index in [1.807, 2.05) is 38.1 Å². The molecule has 0 radical (unpaired) electrons. The van der Waals surface area contributed by atoms with Crippen molar-refractivity contribution in [3.05, 3.63) is 64.2 Å². The van der Waals surface area contributed by atoms with Gasteiger partial charge in [-0.1, -0.05) is 36.2 Å². The van der Waals surface area contributed by atoms with E-state index >= 15 is 0 Å². The van der Waals surface area contributed by atoms with E-state index in [-0.39, 0.29) is 18.6 Å². The minimum atomic E-state index is -0.102. The zero-order chi connectivity index (χ0) is 19.9. The molecule has 1 heterocycles. The molecule has 1 saturated heterocycles. The highest BCUT2D eigenvalue weighted by molar-refractivity contribution is 6.30. The molecule has 28 heavy (non-hydrogen) atoms. The lowest BCUT2D eigenvalue weighted by Gasteiger charge is -2.35. The Bertz CT molecular complexity index is 765. The van der Waals surface area contributed by atoms with Crippen molar-refractivity contribution in [1.29, 1.82) is 0 Å². The number of aryl methyl sites for hydroxylation is 2. The standard InChI is InChI=1S/C23H29ClN2O2/c1-17-12-18(2)14-21(13-17)28-16-23(27)25-15-22(26-10-4-3-5-11-26)19-6-8-20(24)9-7-19/h6-9,12-14,22H,3-5,10-11,15-16H2,1-2H3,(H,25,27)/t22-/m1/s1. The Hall–Kier alpha value is -2.04. The topological polar surface area (TPSA) is 41.6 Å². The number of rotatable bonds is 7. The van der Waals surface area contributed by atoms with E-state index in [9.17, 15) is 4.79 Å². The zero-order valence-corrected chi connectivity index (χ0v) is 17.5. The average Bonchev–Trinajstić information content (AvgIpc) is 2.68. The van der Waals surface area contributed by atoms with Crippen LogP contribution in [0.5, 0.6) is 5.75 Å². The highest BCUT2D eigenvalue weighted by atomic mass is 35.5. The first kappa shape index (κ1) is 20.7. The molecule has 0 aromatic heterocycles. The summed E-state index contributed by atoms with van der Waals surface area (Å²) >= 11 is 6.05. The van der Waals surface area contributed by atoms with E-state index in [0.717, 1.165) is 35.0 Å². The van der Waals surface area contributed by atoms with Gasteiger partial charge in [-0.3, -0.25) is 9.69 Å². The molecule has 1 amide bonds. The maximum absolute atomic E-state index is 12.4. The van der Waals surface area contributed by atoms with Crippen molar-refractivity contribution < 1.29 is 9.53 Å². The predicted molar refractivity (Wildman–Crippen MR) is 114 cm³/mol. The number of hydrogen-bond acceptors (Lipinski definition) is 3. The molecule has 5 heteroatoms. The Morgan fingerprint density at radius 2 is 1.71 bits per heavy atom. The van der Waals surface area contributed by atoms with Gasteiger partial charge in [0.1, 0.15) is 5.75 Å². The number of carbonyl (C=O) groups is 1. The van der Waals surface area contributed by atoms with Crippen molar-refractivity contribution in [2.75, 3.05) is 26.2 Å². The first-order chi connectivity index (χ1) is 13.5. The molecule has 2 aromatic carbocycles. The van der Waals surface area contributed by atoms with Gasteiger partial charge < -0.3 is 10.1 Å². The van der Waals surface area contributed by atoms with Crippen LogP contribution in [0.15, 0.2) is 42.5 Å². The van der Waals surface area contributed by atoms with Crippen molar-refractivity contribution in [2.24, 2.45) is 0 Å². The molecule has 1 atom stereocenters. The number of halogens is 1. The summed E-state index contributed by atoms with van der Waals surface area (Å²) in [4.78, 5) is 14.8. The zero-order valence-electron chi connectivity index (χ0n) is 16.7. The second kappa shape index (κ2) is 9.94. The van der Waals surface area contributed by atoms with Crippen LogP contribution >= 0.6 is 11.6 Å². The molecule has 0 saturated carbocycles. The normalized spacial score (nSPS) is 15.8. The molecule has 0 aliphatic carbocycles. The first-order valence-electron chi connectivity index (χ1n) is 9.98. The SMILES string of the molecule is Cc1cc(C)cc(OCC(=O)NC[C@H](c2ccc(Cl)cc2)N2CCCCC2)c1. The van der Waals surface area contributed by atoms with Gasteiger partial charge in [-0.2, -0.15) is 0 Å². The van der Waals surface area contributed by atoms with Crippen LogP contribution in [0.2, 0.25) is 5.02 Å². The third-order valence-corrected chi connectivity index (χ3v) is 5.40. The maximum atomic E-state index is 12.4. The highest BCUT2D eigenvalue weighted by Crippen LogP contribution is 2.25. The number of carbonyl (C=O) groups excluding carboxylic acids is 1. The summed E-state index contributed by atoms with van der Waals surface area (Å²) in [6.07, 6.45) is 3.68. The third kappa shape index (κ3) is 5.98. The van der Waals surface area contributed by atoms with E-state index in [1.54, 1.807) is 0 Å². The summed E-state index contributed by atoms with van der Waals surface area (Å²) in [5.41, 5.74) is 3.44. The van der Waals surface area contributed by atoms with Crippen LogP contribution in [-0.4, -0.2) is 37.0 Å². The van der Waals surface area contributed by atoms with E-state index in [1.165, 1.54) is 24.8 Å². The summed E-state index contributed by atoms with van der Waals surface area (Å²) in [6, 6.07) is 14.1. The summed E-state index contributed by atoms with van der Waals surface area (Å²) < 4.78 is 5.69. The molecular formula is C23H29ClN2O2. The maximum Gasteiger partial charge on any atom is 0.258 e. The third-order valence-electron chi connectivity index (χ3n) is 5.14. The molecule has 2 aromatic rings. The van der Waals surface area contributed by atoms with Gasteiger partial charge in [0.05, 0.1) is 6.04 Å². The minimum Gasteiger partial charge on any atom is -0.484 e. The van der Waals surface area contributed by atoms with Gasteiger partial charge in [0.25, 0.3) is 5.91 Å². The molecule has 0 unspecified atom stereocenters. The number of nitrogens with zero attached hydrogens (tertiary/aromatic N) is 1.